The van der Waals surface area contributed by atoms with Crippen molar-refractivity contribution >= 4 is 34.5 Å². The van der Waals surface area contributed by atoms with Crippen LogP contribution < -0.4 is 5.32 Å². The number of carboxylic acid groups (broad SMARTS) is 1. The Morgan fingerprint density at radius 2 is 2.05 bits per heavy atom. The maximum atomic E-state index is 12.0. The summed E-state index contributed by atoms with van der Waals surface area (Å²) in [5, 5.41) is 11.7. The second-order valence-corrected chi connectivity index (χ2v) is 5.40. The molecule has 0 aliphatic carbocycles. The Morgan fingerprint density at radius 3 is 2.60 bits per heavy atom. The third kappa shape index (κ3) is 3.80. The minimum atomic E-state index is -1.08. The van der Waals surface area contributed by atoms with E-state index >= 15 is 0 Å². The third-order valence-electron chi connectivity index (χ3n) is 2.69. The van der Waals surface area contributed by atoms with Crippen LogP contribution >= 0.6 is 22.6 Å². The molecule has 0 fully saturated rings. The van der Waals surface area contributed by atoms with E-state index in [1.165, 1.54) is 12.5 Å². The largest absolute Gasteiger partial charge is 0.480 e. The van der Waals surface area contributed by atoms with E-state index in [9.17, 15) is 9.59 Å². The van der Waals surface area contributed by atoms with E-state index < -0.39 is 17.9 Å². The van der Waals surface area contributed by atoms with Crippen molar-refractivity contribution in [3.63, 3.8) is 0 Å². The SMILES string of the molecule is O=C(N[C@H](Cc1cnc[nH]1)C(=O)O)c1ccc(I)cc1. The van der Waals surface area contributed by atoms with E-state index in [1.807, 2.05) is 0 Å². The number of rotatable bonds is 5. The van der Waals surface area contributed by atoms with Crippen LogP contribution in [-0.4, -0.2) is 33.0 Å². The van der Waals surface area contributed by atoms with Crippen LogP contribution in [0.3, 0.4) is 0 Å². The van der Waals surface area contributed by atoms with Crippen molar-refractivity contribution in [2.24, 2.45) is 0 Å². The Hall–Kier alpha value is -1.90. The average Bonchev–Trinajstić information content (AvgIpc) is 2.91. The average molecular weight is 385 g/mol. The molecular formula is C13H12IN3O3. The number of carbonyl (C=O) groups is 2. The molecular weight excluding hydrogens is 373 g/mol. The number of carboxylic acids is 1. The van der Waals surface area contributed by atoms with Crippen LogP contribution in [0.1, 0.15) is 16.1 Å². The summed E-state index contributed by atoms with van der Waals surface area (Å²) in [6.45, 7) is 0. The number of hydrogen-bond acceptors (Lipinski definition) is 3. The van der Waals surface area contributed by atoms with Crippen molar-refractivity contribution < 1.29 is 14.7 Å². The van der Waals surface area contributed by atoms with Gasteiger partial charge in [0, 0.05) is 27.4 Å². The lowest BCUT2D eigenvalue weighted by molar-refractivity contribution is -0.139. The molecule has 1 aromatic heterocycles. The first-order valence-corrected chi connectivity index (χ1v) is 6.90. The first-order chi connectivity index (χ1) is 9.56. The summed E-state index contributed by atoms with van der Waals surface area (Å²) in [5.41, 5.74) is 1.08. The molecule has 1 atom stereocenters. The van der Waals surface area contributed by atoms with Gasteiger partial charge in [0.25, 0.3) is 5.91 Å². The third-order valence-corrected chi connectivity index (χ3v) is 3.41. The number of aromatic nitrogens is 2. The first-order valence-electron chi connectivity index (χ1n) is 5.83. The van der Waals surface area contributed by atoms with Crippen LogP contribution in [0, 0.1) is 3.57 Å². The van der Waals surface area contributed by atoms with Gasteiger partial charge in [0.2, 0.25) is 0 Å². The maximum absolute atomic E-state index is 12.0. The van der Waals surface area contributed by atoms with Crippen LogP contribution in [0.4, 0.5) is 0 Å². The van der Waals surface area contributed by atoms with E-state index in [0.717, 1.165) is 3.57 Å². The van der Waals surface area contributed by atoms with Gasteiger partial charge >= 0.3 is 5.97 Å². The van der Waals surface area contributed by atoms with E-state index in [2.05, 4.69) is 37.9 Å². The zero-order chi connectivity index (χ0) is 14.5. The molecule has 2 aromatic rings. The Bertz CT molecular complexity index is 596. The number of H-pyrrole nitrogens is 1. The van der Waals surface area contributed by atoms with Gasteiger partial charge in [0.15, 0.2) is 0 Å². The van der Waals surface area contributed by atoms with Gasteiger partial charge < -0.3 is 15.4 Å². The fourth-order valence-corrected chi connectivity index (χ4v) is 2.02. The summed E-state index contributed by atoms with van der Waals surface area (Å²) in [5.74, 6) is -1.49. The molecule has 1 heterocycles. The fraction of sp³-hybridized carbons (Fsp3) is 0.154. The number of imidazole rings is 1. The van der Waals surface area contributed by atoms with Crippen LogP contribution in [0.5, 0.6) is 0 Å². The molecule has 0 unspecified atom stereocenters. The molecule has 2 rings (SSSR count). The summed E-state index contributed by atoms with van der Waals surface area (Å²) < 4.78 is 1.01. The van der Waals surface area contributed by atoms with Gasteiger partial charge in [0.05, 0.1) is 6.33 Å². The van der Waals surface area contributed by atoms with Gasteiger partial charge in [-0.1, -0.05) is 0 Å². The summed E-state index contributed by atoms with van der Waals surface area (Å²) in [7, 11) is 0. The number of aliphatic carboxylic acids is 1. The maximum Gasteiger partial charge on any atom is 0.326 e. The van der Waals surface area contributed by atoms with Crippen LogP contribution in [0.2, 0.25) is 0 Å². The number of nitrogens with one attached hydrogen (secondary N) is 2. The molecule has 7 heteroatoms. The van der Waals surface area contributed by atoms with E-state index in [1.54, 1.807) is 24.3 Å². The minimum absolute atomic E-state index is 0.158. The summed E-state index contributed by atoms with van der Waals surface area (Å²) in [4.78, 5) is 29.8. The molecule has 0 spiro atoms. The number of benzene rings is 1. The molecule has 20 heavy (non-hydrogen) atoms. The molecule has 0 aliphatic rings. The van der Waals surface area contributed by atoms with Crippen molar-refractivity contribution in [2.45, 2.75) is 12.5 Å². The lowest BCUT2D eigenvalue weighted by Crippen LogP contribution is -2.42. The Labute approximate surface area is 128 Å². The molecule has 0 aliphatic heterocycles. The highest BCUT2D eigenvalue weighted by molar-refractivity contribution is 14.1. The Kier molecular flexibility index (Phi) is 4.72. The summed E-state index contributed by atoms with van der Waals surface area (Å²) >= 11 is 2.13. The molecule has 0 saturated carbocycles. The molecule has 3 N–H and O–H groups in total. The number of nitrogens with zero attached hydrogens (tertiary/aromatic N) is 1. The lowest BCUT2D eigenvalue weighted by Gasteiger charge is -2.13. The van der Waals surface area contributed by atoms with Crippen molar-refractivity contribution in [2.75, 3.05) is 0 Å². The number of amides is 1. The molecule has 1 aromatic carbocycles. The monoisotopic (exact) mass is 385 g/mol. The smallest absolute Gasteiger partial charge is 0.326 e. The van der Waals surface area contributed by atoms with Crippen LogP contribution in [0.15, 0.2) is 36.8 Å². The zero-order valence-electron chi connectivity index (χ0n) is 10.3. The quantitative estimate of drug-likeness (QED) is 0.679. The molecule has 0 bridgehead atoms. The van der Waals surface area contributed by atoms with Gasteiger partial charge in [-0.3, -0.25) is 4.79 Å². The minimum Gasteiger partial charge on any atom is -0.480 e. The normalized spacial score (nSPS) is 11.8. The van der Waals surface area contributed by atoms with E-state index in [0.29, 0.717) is 11.3 Å². The zero-order valence-corrected chi connectivity index (χ0v) is 12.5. The van der Waals surface area contributed by atoms with E-state index in [4.69, 9.17) is 5.11 Å². The van der Waals surface area contributed by atoms with Crippen molar-refractivity contribution in [3.05, 3.63) is 51.6 Å². The van der Waals surface area contributed by atoms with Gasteiger partial charge in [-0.2, -0.15) is 0 Å². The second kappa shape index (κ2) is 6.51. The number of carbonyl (C=O) groups excluding carboxylic acids is 1. The molecule has 0 radical (unpaired) electrons. The van der Waals surface area contributed by atoms with E-state index in [-0.39, 0.29) is 6.42 Å². The second-order valence-electron chi connectivity index (χ2n) is 4.15. The molecule has 0 saturated heterocycles. The number of hydrogen-bond donors (Lipinski definition) is 3. The van der Waals surface area contributed by atoms with Crippen LogP contribution in [0.25, 0.3) is 0 Å². The van der Waals surface area contributed by atoms with Crippen molar-refractivity contribution in [1.29, 1.82) is 0 Å². The summed E-state index contributed by atoms with van der Waals surface area (Å²) in [6, 6.07) is 5.90. The predicted octanol–water partition coefficient (Wildman–Crippen LogP) is 1.44. The fourth-order valence-electron chi connectivity index (χ4n) is 1.66. The Balaban J connectivity index is 2.06. The number of halogens is 1. The van der Waals surface area contributed by atoms with Gasteiger partial charge in [-0.15, -0.1) is 0 Å². The van der Waals surface area contributed by atoms with Crippen molar-refractivity contribution in [1.82, 2.24) is 15.3 Å². The first kappa shape index (κ1) is 14.5. The molecule has 104 valence electrons. The predicted molar refractivity (Wildman–Crippen MR) is 80.3 cm³/mol. The molecule has 6 nitrogen and oxygen atoms in total. The van der Waals surface area contributed by atoms with Gasteiger partial charge in [-0.05, 0) is 46.9 Å². The number of aromatic amines is 1. The lowest BCUT2D eigenvalue weighted by atomic mass is 10.1. The Morgan fingerprint density at radius 1 is 1.35 bits per heavy atom. The van der Waals surface area contributed by atoms with Crippen molar-refractivity contribution in [3.8, 4) is 0 Å². The standard InChI is InChI=1S/C13H12IN3O3/c14-9-3-1-8(2-4-9)12(18)17-11(13(19)20)5-10-6-15-7-16-10/h1-4,6-7,11H,5H2,(H,15,16)(H,17,18)(H,19,20)/t11-/m1/s1. The topological polar surface area (TPSA) is 95.1 Å². The van der Waals surface area contributed by atoms with Gasteiger partial charge in [-0.25, -0.2) is 9.78 Å². The van der Waals surface area contributed by atoms with Crippen LogP contribution in [-0.2, 0) is 11.2 Å². The highest BCUT2D eigenvalue weighted by Crippen LogP contribution is 2.07. The van der Waals surface area contributed by atoms with Gasteiger partial charge in [0.1, 0.15) is 6.04 Å². The summed E-state index contributed by atoms with van der Waals surface area (Å²) in [6.07, 6.45) is 3.16. The molecule has 1 amide bonds. The highest BCUT2D eigenvalue weighted by atomic mass is 127. The highest BCUT2D eigenvalue weighted by Gasteiger charge is 2.21.